The zero-order chi connectivity index (χ0) is 13.7. The van der Waals surface area contributed by atoms with Crippen LogP contribution < -0.4 is 0 Å². The van der Waals surface area contributed by atoms with Gasteiger partial charge in [0.25, 0.3) is 0 Å². The molecule has 0 aliphatic carbocycles. The Balaban J connectivity index is 1.90. The summed E-state index contributed by atoms with van der Waals surface area (Å²) < 4.78 is 5.30. The van der Waals surface area contributed by atoms with E-state index in [-0.39, 0.29) is 5.97 Å². The van der Waals surface area contributed by atoms with Gasteiger partial charge in [0.2, 0.25) is 0 Å². The summed E-state index contributed by atoms with van der Waals surface area (Å²) >= 11 is 0. The largest absolute Gasteiger partial charge is 0.461 e. The van der Waals surface area contributed by atoms with Crippen molar-refractivity contribution in [3.63, 3.8) is 0 Å². The molecular weight excluding hydrogens is 236 g/mol. The van der Waals surface area contributed by atoms with Crippen molar-refractivity contribution in [1.82, 2.24) is 0 Å². The van der Waals surface area contributed by atoms with Gasteiger partial charge in [-0.05, 0) is 25.0 Å². The second-order valence-corrected chi connectivity index (χ2v) is 4.82. The molecule has 0 atom stereocenters. The third-order valence-corrected chi connectivity index (χ3v) is 2.87. The first-order valence-electron chi connectivity index (χ1n) is 6.40. The molecule has 19 heavy (non-hydrogen) atoms. The number of benzene rings is 2. The molecule has 0 amide bonds. The van der Waals surface area contributed by atoms with Crippen LogP contribution in [0.15, 0.2) is 48.5 Å². The van der Waals surface area contributed by atoms with Crippen LogP contribution in [-0.4, -0.2) is 5.97 Å². The summed E-state index contributed by atoms with van der Waals surface area (Å²) in [6.07, 6.45) is 0.325. The molecule has 0 aliphatic rings. The minimum atomic E-state index is -0.189. The fourth-order valence-corrected chi connectivity index (χ4v) is 2.13. The Labute approximate surface area is 114 Å². The van der Waals surface area contributed by atoms with Gasteiger partial charge < -0.3 is 4.74 Å². The maximum Gasteiger partial charge on any atom is 0.310 e. The summed E-state index contributed by atoms with van der Waals surface area (Å²) in [6, 6.07) is 15.8. The van der Waals surface area contributed by atoms with Gasteiger partial charge in [0.05, 0.1) is 6.42 Å². The van der Waals surface area contributed by atoms with Crippen molar-refractivity contribution in [1.29, 1.82) is 0 Å². The predicted octanol–water partition coefficient (Wildman–Crippen LogP) is 3.59. The number of esters is 1. The van der Waals surface area contributed by atoms with E-state index in [0.29, 0.717) is 13.0 Å². The number of hydrogen-bond donors (Lipinski definition) is 0. The van der Waals surface area contributed by atoms with Gasteiger partial charge in [0, 0.05) is 0 Å². The van der Waals surface area contributed by atoms with Gasteiger partial charge in [-0.2, -0.15) is 0 Å². The van der Waals surface area contributed by atoms with Crippen molar-refractivity contribution in [3.8, 4) is 0 Å². The zero-order valence-electron chi connectivity index (χ0n) is 11.3. The maximum atomic E-state index is 11.7. The van der Waals surface area contributed by atoms with Crippen LogP contribution in [0.2, 0.25) is 0 Å². The number of ether oxygens (including phenoxy) is 1. The summed E-state index contributed by atoms with van der Waals surface area (Å²) in [7, 11) is 0. The molecule has 0 radical (unpaired) electrons. The van der Waals surface area contributed by atoms with Crippen molar-refractivity contribution in [2.45, 2.75) is 26.9 Å². The topological polar surface area (TPSA) is 26.3 Å². The molecule has 2 heteroatoms. The first-order valence-corrected chi connectivity index (χ1v) is 6.40. The molecule has 98 valence electrons. The van der Waals surface area contributed by atoms with Gasteiger partial charge in [-0.3, -0.25) is 4.79 Å². The van der Waals surface area contributed by atoms with E-state index < -0.39 is 0 Å². The van der Waals surface area contributed by atoms with Gasteiger partial charge in [-0.15, -0.1) is 0 Å². The van der Waals surface area contributed by atoms with E-state index >= 15 is 0 Å². The van der Waals surface area contributed by atoms with Crippen molar-refractivity contribution in [2.75, 3.05) is 0 Å². The first kappa shape index (κ1) is 13.3. The lowest BCUT2D eigenvalue weighted by molar-refractivity contribution is -0.144. The molecule has 0 heterocycles. The fraction of sp³-hybridized carbons (Fsp3) is 0.235. The molecule has 2 rings (SSSR count). The summed E-state index contributed by atoms with van der Waals surface area (Å²) in [5.41, 5.74) is 4.40. The number of rotatable bonds is 4. The van der Waals surface area contributed by atoms with Gasteiger partial charge in [0.1, 0.15) is 6.61 Å². The van der Waals surface area contributed by atoms with Gasteiger partial charge >= 0.3 is 5.97 Å². The van der Waals surface area contributed by atoms with E-state index in [0.717, 1.165) is 11.1 Å². The highest BCUT2D eigenvalue weighted by Gasteiger charge is 2.05. The first-order chi connectivity index (χ1) is 9.13. The third-order valence-electron chi connectivity index (χ3n) is 2.87. The summed E-state index contributed by atoms with van der Waals surface area (Å²) in [4.78, 5) is 11.7. The Morgan fingerprint density at radius 3 is 2.21 bits per heavy atom. The molecule has 0 spiro atoms. The van der Waals surface area contributed by atoms with Crippen LogP contribution in [0.4, 0.5) is 0 Å². The average molecular weight is 254 g/mol. The lowest BCUT2D eigenvalue weighted by atomic mass is 10.1. The molecule has 0 unspecified atom stereocenters. The standard InChI is InChI=1S/C17H18O2/c1-13-8-14(2)10-16(9-13)12-19-17(18)11-15-6-4-3-5-7-15/h3-10H,11-12H2,1-2H3. The van der Waals surface area contributed by atoms with Crippen molar-refractivity contribution in [2.24, 2.45) is 0 Å². The monoisotopic (exact) mass is 254 g/mol. The second-order valence-electron chi connectivity index (χ2n) is 4.82. The molecule has 0 saturated heterocycles. The fourth-order valence-electron chi connectivity index (χ4n) is 2.13. The van der Waals surface area contributed by atoms with Crippen LogP contribution in [0.1, 0.15) is 22.3 Å². The highest BCUT2D eigenvalue weighted by atomic mass is 16.5. The highest BCUT2D eigenvalue weighted by molar-refractivity contribution is 5.72. The van der Waals surface area contributed by atoms with E-state index in [9.17, 15) is 4.79 Å². The van der Waals surface area contributed by atoms with Crippen LogP contribution in [0.25, 0.3) is 0 Å². The van der Waals surface area contributed by atoms with Crippen LogP contribution in [0, 0.1) is 13.8 Å². The van der Waals surface area contributed by atoms with E-state index in [4.69, 9.17) is 4.74 Å². The maximum absolute atomic E-state index is 11.7. The molecule has 0 aliphatic heterocycles. The zero-order valence-corrected chi connectivity index (χ0v) is 11.3. The lowest BCUT2D eigenvalue weighted by Gasteiger charge is -2.07. The predicted molar refractivity (Wildman–Crippen MR) is 75.9 cm³/mol. The summed E-state index contributed by atoms with van der Waals surface area (Å²) in [5.74, 6) is -0.189. The Bertz CT molecular complexity index is 538. The van der Waals surface area contributed by atoms with Gasteiger partial charge in [-0.25, -0.2) is 0 Å². The van der Waals surface area contributed by atoms with E-state index in [1.54, 1.807) is 0 Å². The van der Waals surface area contributed by atoms with Crippen molar-refractivity contribution in [3.05, 3.63) is 70.8 Å². The van der Waals surface area contributed by atoms with E-state index in [2.05, 4.69) is 6.07 Å². The van der Waals surface area contributed by atoms with Crippen LogP contribution in [0.5, 0.6) is 0 Å². The quantitative estimate of drug-likeness (QED) is 0.779. The van der Waals surface area contributed by atoms with E-state index in [1.165, 1.54) is 11.1 Å². The molecule has 2 aromatic carbocycles. The van der Waals surface area contributed by atoms with Crippen LogP contribution in [-0.2, 0) is 22.6 Å². The Hall–Kier alpha value is -2.09. The molecule has 2 aromatic rings. The van der Waals surface area contributed by atoms with Crippen molar-refractivity contribution < 1.29 is 9.53 Å². The number of hydrogen-bond acceptors (Lipinski definition) is 2. The minimum absolute atomic E-state index is 0.189. The number of carbonyl (C=O) groups is 1. The average Bonchev–Trinajstić information content (AvgIpc) is 2.36. The normalized spacial score (nSPS) is 10.2. The lowest BCUT2D eigenvalue weighted by Crippen LogP contribution is -2.08. The summed E-state index contributed by atoms with van der Waals surface area (Å²) in [6.45, 7) is 4.43. The highest BCUT2D eigenvalue weighted by Crippen LogP contribution is 2.10. The molecule has 0 fully saturated rings. The van der Waals surface area contributed by atoms with E-state index in [1.807, 2.05) is 56.3 Å². The van der Waals surface area contributed by atoms with Crippen molar-refractivity contribution >= 4 is 5.97 Å². The molecule has 2 nitrogen and oxygen atoms in total. The Morgan fingerprint density at radius 2 is 1.58 bits per heavy atom. The van der Waals surface area contributed by atoms with Gasteiger partial charge in [0.15, 0.2) is 0 Å². The second kappa shape index (κ2) is 6.19. The molecule has 0 N–H and O–H groups in total. The minimum Gasteiger partial charge on any atom is -0.461 e. The van der Waals surface area contributed by atoms with Crippen LogP contribution in [0.3, 0.4) is 0 Å². The number of aryl methyl sites for hydroxylation is 2. The Kier molecular flexibility index (Phi) is 4.35. The molecule has 0 aromatic heterocycles. The SMILES string of the molecule is Cc1cc(C)cc(COC(=O)Cc2ccccc2)c1. The molecule has 0 saturated carbocycles. The third kappa shape index (κ3) is 4.25. The van der Waals surface area contributed by atoms with Gasteiger partial charge in [-0.1, -0.05) is 59.7 Å². The molecule has 0 bridgehead atoms. The summed E-state index contributed by atoms with van der Waals surface area (Å²) in [5, 5.41) is 0. The smallest absolute Gasteiger partial charge is 0.310 e. The van der Waals surface area contributed by atoms with Crippen LogP contribution >= 0.6 is 0 Å². The number of carbonyl (C=O) groups excluding carboxylic acids is 1. The molecular formula is C17H18O2. The Morgan fingerprint density at radius 1 is 0.947 bits per heavy atom.